The number of pyridine rings is 1. The zero-order chi connectivity index (χ0) is 23.4. The van der Waals surface area contributed by atoms with E-state index in [0.29, 0.717) is 28.1 Å². The summed E-state index contributed by atoms with van der Waals surface area (Å²) in [6.45, 7) is 0. The van der Waals surface area contributed by atoms with E-state index in [-0.39, 0.29) is 28.9 Å². The zero-order valence-electron chi connectivity index (χ0n) is 17.9. The Morgan fingerprint density at radius 2 is 1.97 bits per heavy atom. The highest BCUT2D eigenvalue weighted by Crippen LogP contribution is 2.56. The number of hydrogen-bond acceptors (Lipinski definition) is 4. The van der Waals surface area contributed by atoms with Crippen LogP contribution in [0.1, 0.15) is 48.2 Å². The predicted molar refractivity (Wildman–Crippen MR) is 119 cm³/mol. The van der Waals surface area contributed by atoms with Gasteiger partial charge in [-0.2, -0.15) is 18.3 Å². The number of anilines is 1. The van der Waals surface area contributed by atoms with Crippen LogP contribution in [0.4, 0.5) is 18.9 Å². The van der Waals surface area contributed by atoms with Crippen molar-refractivity contribution in [2.24, 2.45) is 12.5 Å². The number of benzene rings is 1. The summed E-state index contributed by atoms with van der Waals surface area (Å²) in [5, 5.41) is 11.4. The van der Waals surface area contributed by atoms with E-state index >= 15 is 0 Å². The smallest absolute Gasteiger partial charge is 0.382 e. The van der Waals surface area contributed by atoms with Gasteiger partial charge in [-0.05, 0) is 61.8 Å². The van der Waals surface area contributed by atoms with Crippen molar-refractivity contribution in [3.8, 4) is 0 Å². The lowest BCUT2D eigenvalue weighted by Crippen LogP contribution is -2.45. The maximum absolute atomic E-state index is 13.5. The van der Waals surface area contributed by atoms with Crippen molar-refractivity contribution in [1.29, 1.82) is 0 Å². The zero-order valence-corrected chi connectivity index (χ0v) is 18.7. The van der Waals surface area contributed by atoms with Gasteiger partial charge in [-0.3, -0.25) is 9.48 Å². The Morgan fingerprint density at radius 1 is 1.21 bits per heavy atom. The van der Waals surface area contributed by atoms with Crippen LogP contribution in [0.5, 0.6) is 0 Å². The molecule has 0 aliphatic heterocycles. The van der Waals surface area contributed by atoms with E-state index in [0.717, 1.165) is 31.7 Å². The summed E-state index contributed by atoms with van der Waals surface area (Å²) in [4.78, 5) is 16.4. The second kappa shape index (κ2) is 7.90. The van der Waals surface area contributed by atoms with Crippen molar-refractivity contribution in [3.63, 3.8) is 0 Å². The quantitative estimate of drug-likeness (QED) is 0.543. The Hall–Kier alpha value is -2.81. The molecule has 0 radical (unpaired) electrons. The topological polar surface area (TPSA) is 71.8 Å². The van der Waals surface area contributed by atoms with E-state index in [4.69, 9.17) is 11.6 Å². The van der Waals surface area contributed by atoms with Crippen molar-refractivity contribution >= 4 is 34.1 Å². The van der Waals surface area contributed by atoms with Gasteiger partial charge in [0.15, 0.2) is 0 Å². The number of rotatable bonds is 4. The van der Waals surface area contributed by atoms with Crippen LogP contribution < -0.4 is 10.6 Å². The van der Waals surface area contributed by atoms with Gasteiger partial charge in [-0.1, -0.05) is 11.6 Å². The monoisotopic (exact) mass is 477 g/mol. The lowest BCUT2D eigenvalue weighted by molar-refractivity contribution is -0.140. The van der Waals surface area contributed by atoms with E-state index in [9.17, 15) is 18.0 Å². The lowest BCUT2D eigenvalue weighted by atomic mass is 9.79. The number of carbonyl (C=O) groups excluding carboxylic acids is 1. The maximum atomic E-state index is 13.5. The summed E-state index contributed by atoms with van der Waals surface area (Å²) >= 11 is 6.13. The van der Waals surface area contributed by atoms with Crippen LogP contribution in [-0.4, -0.2) is 32.8 Å². The molecule has 2 saturated carbocycles. The number of amides is 1. The standard InChI is InChI=1S/C23H23ClF3N5O/c1-32-12-13(11-28-32)21(33)30-16-7-15(9-22(10-16)4-5-22)29-19-8-20(23(25,26)27)31-18-3-2-14(24)6-17(18)19/h2-3,6,8,11-12,15-16H,4-5,7,9-10H2,1H3,(H,29,31)(H,30,33)/t15-,16+/m0/s1. The van der Waals surface area contributed by atoms with Crippen molar-refractivity contribution in [3.05, 3.63) is 52.9 Å². The third-order valence-electron chi connectivity index (χ3n) is 6.61. The first-order chi connectivity index (χ1) is 15.6. The molecule has 1 spiro atoms. The third-order valence-corrected chi connectivity index (χ3v) is 6.84. The predicted octanol–water partition coefficient (Wildman–Crippen LogP) is 5.18. The largest absolute Gasteiger partial charge is 0.433 e. The molecule has 0 saturated heterocycles. The minimum absolute atomic E-state index is 0.0785. The van der Waals surface area contributed by atoms with E-state index < -0.39 is 11.9 Å². The Morgan fingerprint density at radius 3 is 2.64 bits per heavy atom. The average Bonchev–Trinajstić information content (AvgIpc) is 3.31. The van der Waals surface area contributed by atoms with Gasteiger partial charge in [-0.25, -0.2) is 4.98 Å². The fraction of sp³-hybridized carbons (Fsp3) is 0.435. The van der Waals surface area contributed by atoms with E-state index in [1.54, 1.807) is 24.0 Å². The number of aryl methyl sites for hydroxylation is 1. The molecule has 33 heavy (non-hydrogen) atoms. The molecule has 2 N–H and O–H groups in total. The Balaban J connectivity index is 1.41. The fourth-order valence-corrected chi connectivity index (χ4v) is 5.11. The molecule has 3 aromatic rings. The van der Waals surface area contributed by atoms with Crippen LogP contribution in [0.25, 0.3) is 10.9 Å². The summed E-state index contributed by atoms with van der Waals surface area (Å²) in [5.74, 6) is -0.190. The summed E-state index contributed by atoms with van der Waals surface area (Å²) in [7, 11) is 1.75. The average molecular weight is 478 g/mol. The normalized spacial score (nSPS) is 21.8. The molecule has 10 heteroatoms. The molecule has 2 atom stereocenters. The van der Waals surface area contributed by atoms with Crippen molar-refractivity contribution in [1.82, 2.24) is 20.1 Å². The number of nitrogens with one attached hydrogen (secondary N) is 2. The van der Waals surface area contributed by atoms with E-state index in [2.05, 4.69) is 20.7 Å². The number of alkyl halides is 3. The van der Waals surface area contributed by atoms with Gasteiger partial charge >= 0.3 is 6.18 Å². The fourth-order valence-electron chi connectivity index (χ4n) is 4.93. The van der Waals surface area contributed by atoms with Crippen LogP contribution in [0.15, 0.2) is 36.7 Å². The number of halogens is 4. The van der Waals surface area contributed by atoms with Crippen LogP contribution in [0.3, 0.4) is 0 Å². The van der Waals surface area contributed by atoms with Crippen molar-refractivity contribution in [2.45, 2.75) is 50.4 Å². The number of carbonyl (C=O) groups is 1. The Bertz CT molecular complexity index is 1220. The van der Waals surface area contributed by atoms with E-state index in [1.807, 2.05) is 0 Å². The lowest BCUT2D eigenvalue weighted by Gasteiger charge is -2.37. The van der Waals surface area contributed by atoms with Crippen LogP contribution in [0, 0.1) is 5.41 Å². The Kier molecular flexibility index (Phi) is 5.27. The molecule has 1 aromatic carbocycles. The highest BCUT2D eigenvalue weighted by molar-refractivity contribution is 6.31. The van der Waals surface area contributed by atoms with Gasteiger partial charge in [0.05, 0.1) is 17.3 Å². The first kappa shape index (κ1) is 22.0. The second-order valence-electron chi connectivity index (χ2n) is 9.27. The highest BCUT2D eigenvalue weighted by atomic mass is 35.5. The van der Waals surface area contributed by atoms with Gasteiger partial charge in [0.2, 0.25) is 0 Å². The molecule has 0 bridgehead atoms. The van der Waals surface area contributed by atoms with Gasteiger partial charge in [0.1, 0.15) is 5.69 Å². The molecule has 2 fully saturated rings. The van der Waals surface area contributed by atoms with Gasteiger partial charge < -0.3 is 10.6 Å². The highest BCUT2D eigenvalue weighted by Gasteiger charge is 2.49. The van der Waals surface area contributed by atoms with Crippen LogP contribution in [-0.2, 0) is 13.2 Å². The number of nitrogens with zero attached hydrogens (tertiary/aromatic N) is 3. The molecule has 2 aliphatic rings. The first-order valence-corrected chi connectivity index (χ1v) is 11.2. The molecule has 0 unspecified atom stereocenters. The van der Waals surface area contributed by atoms with Crippen molar-refractivity contribution < 1.29 is 18.0 Å². The maximum Gasteiger partial charge on any atom is 0.433 e. The molecular formula is C23H23ClF3N5O. The molecule has 2 heterocycles. The number of aromatic nitrogens is 3. The minimum atomic E-state index is -4.56. The molecule has 6 nitrogen and oxygen atoms in total. The minimum Gasteiger partial charge on any atom is -0.382 e. The first-order valence-electron chi connectivity index (χ1n) is 10.8. The summed E-state index contributed by atoms with van der Waals surface area (Å²) in [5.41, 5.74) is 0.251. The molecule has 174 valence electrons. The van der Waals surface area contributed by atoms with E-state index in [1.165, 1.54) is 18.3 Å². The molecular weight excluding hydrogens is 455 g/mol. The Labute approximate surface area is 193 Å². The van der Waals surface area contributed by atoms with Crippen molar-refractivity contribution in [2.75, 3.05) is 5.32 Å². The molecule has 5 rings (SSSR count). The number of hydrogen-bond donors (Lipinski definition) is 2. The number of fused-ring (bicyclic) bond motifs is 1. The molecule has 1 amide bonds. The third kappa shape index (κ3) is 4.64. The van der Waals surface area contributed by atoms with Crippen LogP contribution >= 0.6 is 11.6 Å². The van der Waals surface area contributed by atoms with Gasteiger partial charge in [-0.15, -0.1) is 0 Å². The SMILES string of the molecule is Cn1cc(C(=O)N[C@@H]2C[C@H](Nc3cc(C(F)(F)F)nc4ccc(Cl)cc34)CC3(CC3)C2)cn1. The molecule has 2 aliphatic carbocycles. The summed E-state index contributed by atoms with van der Waals surface area (Å²) < 4.78 is 42.0. The summed E-state index contributed by atoms with van der Waals surface area (Å²) in [6, 6.07) is 5.54. The van der Waals surface area contributed by atoms with Gasteiger partial charge in [0, 0.05) is 41.4 Å². The summed E-state index contributed by atoms with van der Waals surface area (Å²) in [6.07, 6.45) is 3.06. The van der Waals surface area contributed by atoms with Gasteiger partial charge in [0.25, 0.3) is 5.91 Å². The second-order valence-corrected chi connectivity index (χ2v) is 9.71. The van der Waals surface area contributed by atoms with Crippen LogP contribution in [0.2, 0.25) is 5.02 Å². The molecule has 2 aromatic heterocycles.